The number of rotatable bonds is 6. The summed E-state index contributed by atoms with van der Waals surface area (Å²) >= 11 is 0. The van der Waals surface area contributed by atoms with Crippen LogP contribution in [0.5, 0.6) is 0 Å². The molecule has 2 aliphatic rings. The lowest BCUT2D eigenvalue weighted by atomic mass is 9.99. The molecule has 172 valence electrons. The van der Waals surface area contributed by atoms with E-state index in [9.17, 15) is 26.0 Å². The zero-order chi connectivity index (χ0) is 23.1. The molecule has 2 bridgehead atoms. The minimum Gasteiger partial charge on any atom is -0.349 e. The van der Waals surface area contributed by atoms with Gasteiger partial charge >= 0.3 is 0 Å². The number of hydrogen-bond acceptors (Lipinski definition) is 5. The first-order valence-electron chi connectivity index (χ1n) is 10.2. The Labute approximate surface area is 186 Å². The standard InChI is InChI=1S/C21H24FN3O5S2/c1-31(27,28)25-17-10-11-18(25)13-16(12-17)23-21(26)14-6-8-15(9-7-14)24-32(29,30)20-5-3-2-4-19(20)22/h2-9,16-18,24H,10-13H2,1H3,(H,23,26). The molecule has 2 saturated heterocycles. The van der Waals surface area contributed by atoms with Crippen molar-refractivity contribution >= 4 is 31.6 Å². The predicted octanol–water partition coefficient (Wildman–Crippen LogP) is 2.31. The summed E-state index contributed by atoms with van der Waals surface area (Å²) in [5.41, 5.74) is 0.543. The number of carbonyl (C=O) groups is 1. The lowest BCUT2D eigenvalue weighted by Gasteiger charge is -2.37. The number of halogens is 1. The Hall–Kier alpha value is -2.50. The van der Waals surface area contributed by atoms with E-state index in [0.29, 0.717) is 18.4 Å². The third-order valence-electron chi connectivity index (χ3n) is 5.91. The fourth-order valence-electron chi connectivity index (χ4n) is 4.62. The highest BCUT2D eigenvalue weighted by Crippen LogP contribution is 2.37. The Morgan fingerprint density at radius 2 is 1.56 bits per heavy atom. The smallest absolute Gasteiger partial charge is 0.264 e. The Kier molecular flexibility index (Phi) is 5.99. The number of piperidine rings is 1. The number of nitrogens with one attached hydrogen (secondary N) is 2. The van der Waals surface area contributed by atoms with Crippen LogP contribution in [-0.4, -0.2) is 51.4 Å². The van der Waals surface area contributed by atoms with Gasteiger partial charge in [0.25, 0.3) is 15.9 Å². The number of fused-ring (bicyclic) bond motifs is 2. The molecule has 2 aromatic carbocycles. The maximum atomic E-state index is 13.8. The minimum absolute atomic E-state index is 0.0933. The van der Waals surface area contributed by atoms with Crippen LogP contribution < -0.4 is 10.0 Å². The molecule has 0 aromatic heterocycles. The van der Waals surface area contributed by atoms with Crippen molar-refractivity contribution in [3.05, 3.63) is 59.9 Å². The van der Waals surface area contributed by atoms with E-state index < -0.39 is 30.8 Å². The largest absolute Gasteiger partial charge is 0.349 e. The number of carbonyl (C=O) groups excluding carboxylic acids is 1. The van der Waals surface area contributed by atoms with Crippen molar-refractivity contribution < 1.29 is 26.0 Å². The van der Waals surface area contributed by atoms with Crippen LogP contribution in [0.4, 0.5) is 10.1 Å². The molecule has 0 radical (unpaired) electrons. The van der Waals surface area contributed by atoms with Gasteiger partial charge in [-0.3, -0.25) is 9.52 Å². The molecule has 8 nitrogen and oxygen atoms in total. The molecule has 0 saturated carbocycles. The van der Waals surface area contributed by atoms with E-state index in [2.05, 4.69) is 10.0 Å². The van der Waals surface area contributed by atoms with Gasteiger partial charge in [-0.2, -0.15) is 4.31 Å². The monoisotopic (exact) mass is 481 g/mol. The molecule has 2 unspecified atom stereocenters. The second kappa shape index (κ2) is 8.45. The molecule has 11 heteroatoms. The third-order valence-corrected chi connectivity index (χ3v) is 8.69. The number of benzene rings is 2. The Balaban J connectivity index is 1.40. The summed E-state index contributed by atoms with van der Waals surface area (Å²) in [5, 5.41) is 2.96. The van der Waals surface area contributed by atoms with Crippen molar-refractivity contribution in [3.8, 4) is 0 Å². The molecular formula is C21H24FN3O5S2. The Morgan fingerprint density at radius 1 is 0.969 bits per heavy atom. The van der Waals surface area contributed by atoms with E-state index in [1.807, 2.05) is 0 Å². The Morgan fingerprint density at radius 3 is 2.12 bits per heavy atom. The first-order chi connectivity index (χ1) is 15.0. The van der Waals surface area contributed by atoms with Crippen molar-refractivity contribution in [2.24, 2.45) is 0 Å². The van der Waals surface area contributed by atoms with Gasteiger partial charge in [0.15, 0.2) is 0 Å². The molecule has 2 aromatic rings. The van der Waals surface area contributed by atoms with Crippen LogP contribution in [0.1, 0.15) is 36.0 Å². The highest BCUT2D eigenvalue weighted by atomic mass is 32.2. The Bertz CT molecular complexity index is 1220. The number of anilines is 1. The summed E-state index contributed by atoms with van der Waals surface area (Å²) in [7, 11) is -7.37. The predicted molar refractivity (Wildman–Crippen MR) is 118 cm³/mol. The van der Waals surface area contributed by atoms with Crippen LogP contribution in [0.25, 0.3) is 0 Å². The maximum Gasteiger partial charge on any atom is 0.264 e. The summed E-state index contributed by atoms with van der Waals surface area (Å²) in [6.45, 7) is 0. The van der Waals surface area contributed by atoms with Crippen LogP contribution in [0.2, 0.25) is 0 Å². The molecule has 0 spiro atoms. The van der Waals surface area contributed by atoms with Crippen molar-refractivity contribution in [3.63, 3.8) is 0 Å². The fourth-order valence-corrected chi connectivity index (χ4v) is 7.23. The fraction of sp³-hybridized carbons (Fsp3) is 0.381. The lowest BCUT2D eigenvalue weighted by Crippen LogP contribution is -2.52. The molecule has 2 N–H and O–H groups in total. The van der Waals surface area contributed by atoms with Gasteiger partial charge in [-0.1, -0.05) is 12.1 Å². The van der Waals surface area contributed by atoms with Gasteiger partial charge in [0.05, 0.1) is 6.26 Å². The quantitative estimate of drug-likeness (QED) is 0.658. The van der Waals surface area contributed by atoms with Crippen molar-refractivity contribution in [1.82, 2.24) is 9.62 Å². The molecular weight excluding hydrogens is 457 g/mol. The molecule has 2 heterocycles. The van der Waals surface area contributed by atoms with Gasteiger partial charge in [0.2, 0.25) is 10.0 Å². The summed E-state index contributed by atoms with van der Waals surface area (Å²) in [6, 6.07) is 10.6. The topological polar surface area (TPSA) is 113 Å². The lowest BCUT2D eigenvalue weighted by molar-refractivity contribution is 0.0909. The zero-order valence-corrected chi connectivity index (χ0v) is 19.0. The maximum absolute atomic E-state index is 13.8. The van der Waals surface area contributed by atoms with E-state index in [1.165, 1.54) is 48.7 Å². The number of amides is 1. The van der Waals surface area contributed by atoms with Gasteiger partial charge in [-0.15, -0.1) is 0 Å². The third kappa shape index (κ3) is 4.64. The summed E-state index contributed by atoms with van der Waals surface area (Å²) in [6.07, 6.45) is 3.94. The van der Waals surface area contributed by atoms with Gasteiger partial charge in [0.1, 0.15) is 10.7 Å². The normalized spacial score (nSPS) is 23.6. The first-order valence-corrected chi connectivity index (χ1v) is 13.5. The second-order valence-corrected chi connectivity index (χ2v) is 11.8. The van der Waals surface area contributed by atoms with Gasteiger partial charge in [-0.25, -0.2) is 21.2 Å². The van der Waals surface area contributed by atoms with E-state index in [0.717, 1.165) is 18.9 Å². The average molecular weight is 482 g/mol. The average Bonchev–Trinajstić information content (AvgIpc) is 3.00. The number of nitrogens with zero attached hydrogens (tertiary/aromatic N) is 1. The van der Waals surface area contributed by atoms with E-state index in [1.54, 1.807) is 4.31 Å². The molecule has 2 fully saturated rings. The van der Waals surface area contributed by atoms with Crippen LogP contribution in [0.15, 0.2) is 53.4 Å². The minimum atomic E-state index is -4.10. The molecule has 2 atom stereocenters. The van der Waals surface area contributed by atoms with Crippen LogP contribution >= 0.6 is 0 Å². The molecule has 32 heavy (non-hydrogen) atoms. The molecule has 1 amide bonds. The second-order valence-electron chi connectivity index (χ2n) is 8.23. The molecule has 0 aliphatic carbocycles. The van der Waals surface area contributed by atoms with Crippen LogP contribution in [-0.2, 0) is 20.0 Å². The van der Waals surface area contributed by atoms with E-state index in [4.69, 9.17) is 0 Å². The van der Waals surface area contributed by atoms with Crippen molar-refractivity contribution in [2.45, 2.75) is 48.7 Å². The van der Waals surface area contributed by atoms with Crippen molar-refractivity contribution in [2.75, 3.05) is 11.0 Å². The molecule has 4 rings (SSSR count). The summed E-state index contributed by atoms with van der Waals surface area (Å²) < 4.78 is 66.5. The first kappa shape index (κ1) is 22.7. The van der Waals surface area contributed by atoms with E-state index in [-0.39, 0.29) is 29.7 Å². The molecule has 2 aliphatic heterocycles. The van der Waals surface area contributed by atoms with Crippen LogP contribution in [0, 0.1) is 5.82 Å². The van der Waals surface area contributed by atoms with Crippen LogP contribution in [0.3, 0.4) is 0 Å². The highest BCUT2D eigenvalue weighted by molar-refractivity contribution is 7.92. The van der Waals surface area contributed by atoms with E-state index >= 15 is 0 Å². The van der Waals surface area contributed by atoms with Gasteiger partial charge < -0.3 is 5.32 Å². The SMILES string of the molecule is CS(=O)(=O)N1C2CCC1CC(NC(=O)c1ccc(NS(=O)(=O)c3ccccc3F)cc1)C2. The van der Waals surface area contributed by atoms with Gasteiger partial charge in [-0.05, 0) is 62.1 Å². The summed E-state index contributed by atoms with van der Waals surface area (Å²) in [4.78, 5) is 12.2. The van der Waals surface area contributed by atoms with Crippen molar-refractivity contribution in [1.29, 1.82) is 0 Å². The van der Waals surface area contributed by atoms with Gasteiger partial charge in [0, 0.05) is 29.4 Å². The highest BCUT2D eigenvalue weighted by Gasteiger charge is 2.45. The summed E-state index contributed by atoms with van der Waals surface area (Å²) in [5.74, 6) is -1.17. The zero-order valence-electron chi connectivity index (χ0n) is 17.4. The number of sulfonamides is 2. The number of hydrogen-bond donors (Lipinski definition) is 2.